The van der Waals surface area contributed by atoms with Crippen molar-refractivity contribution in [1.82, 2.24) is 14.7 Å². The number of ether oxygens (including phenoxy) is 1. The molecule has 37 heavy (non-hydrogen) atoms. The zero-order chi connectivity index (χ0) is 25.9. The van der Waals surface area contributed by atoms with Gasteiger partial charge < -0.3 is 14.5 Å². The fourth-order valence-corrected chi connectivity index (χ4v) is 4.95. The molecule has 2 aliphatic rings. The van der Waals surface area contributed by atoms with E-state index in [2.05, 4.69) is 4.90 Å². The molecular formula is C28H26Cl2FN3O3. The number of halogens is 3. The van der Waals surface area contributed by atoms with Crippen LogP contribution in [0.1, 0.15) is 26.3 Å². The fraction of sp³-hybridized carbons (Fsp3) is 0.286. The lowest BCUT2D eigenvalue weighted by Crippen LogP contribution is -2.64. The Morgan fingerprint density at radius 2 is 1.51 bits per heavy atom. The van der Waals surface area contributed by atoms with Crippen LogP contribution in [0.5, 0.6) is 5.75 Å². The van der Waals surface area contributed by atoms with Gasteiger partial charge in [-0.2, -0.15) is 0 Å². The summed E-state index contributed by atoms with van der Waals surface area (Å²) in [5.74, 6) is -0.685. The van der Waals surface area contributed by atoms with Crippen LogP contribution in [-0.4, -0.2) is 71.8 Å². The van der Waals surface area contributed by atoms with Gasteiger partial charge in [-0.1, -0.05) is 47.5 Å². The lowest BCUT2D eigenvalue weighted by molar-refractivity contribution is 0.00851. The highest BCUT2D eigenvalue weighted by atomic mass is 35.5. The Morgan fingerprint density at radius 3 is 2.19 bits per heavy atom. The molecule has 3 aromatic rings. The lowest BCUT2D eigenvalue weighted by atomic mass is 10.0. The Bertz CT molecular complexity index is 1290. The molecule has 2 fully saturated rings. The molecule has 0 saturated carbocycles. The van der Waals surface area contributed by atoms with Crippen LogP contribution in [0.4, 0.5) is 4.39 Å². The zero-order valence-electron chi connectivity index (χ0n) is 20.1. The number of hydrogen-bond acceptors (Lipinski definition) is 4. The summed E-state index contributed by atoms with van der Waals surface area (Å²) in [6, 6.07) is 18.9. The van der Waals surface area contributed by atoms with Crippen molar-refractivity contribution in [2.45, 2.75) is 12.6 Å². The molecule has 5 rings (SSSR count). The Balaban J connectivity index is 1.10. The Kier molecular flexibility index (Phi) is 7.65. The summed E-state index contributed by atoms with van der Waals surface area (Å²) in [4.78, 5) is 31.5. The highest BCUT2D eigenvalue weighted by Gasteiger charge is 2.37. The van der Waals surface area contributed by atoms with Crippen molar-refractivity contribution in [3.8, 4) is 5.75 Å². The number of amides is 2. The number of rotatable bonds is 6. The van der Waals surface area contributed by atoms with Gasteiger partial charge in [-0.15, -0.1) is 0 Å². The minimum Gasteiger partial charge on any atom is -0.486 e. The number of nitrogens with zero attached hydrogens (tertiary/aromatic N) is 3. The Labute approximate surface area is 225 Å². The molecule has 0 aromatic heterocycles. The van der Waals surface area contributed by atoms with Crippen LogP contribution in [0.25, 0.3) is 0 Å². The summed E-state index contributed by atoms with van der Waals surface area (Å²) >= 11 is 11.9. The number of benzene rings is 3. The molecule has 192 valence electrons. The van der Waals surface area contributed by atoms with Gasteiger partial charge in [0.2, 0.25) is 0 Å². The SMILES string of the molecule is O=C(c1ccccc1)N1CCN(C2CN(C(=O)c3ccc(OCc4ccc(Cl)c(Cl)c4)c(F)c3)C2)CC1. The van der Waals surface area contributed by atoms with Gasteiger partial charge >= 0.3 is 0 Å². The van der Waals surface area contributed by atoms with Gasteiger partial charge in [0.25, 0.3) is 11.8 Å². The molecule has 0 aliphatic carbocycles. The second-order valence-corrected chi connectivity index (χ2v) is 10.1. The summed E-state index contributed by atoms with van der Waals surface area (Å²) in [5, 5.41) is 0.840. The third-order valence-electron chi connectivity index (χ3n) is 6.85. The van der Waals surface area contributed by atoms with Crippen LogP contribution >= 0.6 is 23.2 Å². The zero-order valence-corrected chi connectivity index (χ0v) is 21.6. The standard InChI is InChI=1S/C28H26Cl2FN3O3/c29-23-8-6-19(14-24(23)30)18-37-26-9-7-21(15-25(26)31)28(36)34-16-22(17-34)32-10-12-33(13-11-32)27(35)20-4-2-1-3-5-20/h1-9,14-15,22H,10-13,16-18H2. The Morgan fingerprint density at radius 1 is 0.811 bits per heavy atom. The number of hydrogen-bond donors (Lipinski definition) is 0. The average molecular weight is 542 g/mol. The quantitative estimate of drug-likeness (QED) is 0.441. The normalized spacial score (nSPS) is 16.4. The van der Waals surface area contributed by atoms with Crippen LogP contribution in [0.2, 0.25) is 10.0 Å². The molecule has 0 N–H and O–H groups in total. The van der Waals surface area contributed by atoms with Crippen LogP contribution in [0, 0.1) is 5.82 Å². The summed E-state index contributed by atoms with van der Waals surface area (Å²) < 4.78 is 20.2. The van der Waals surface area contributed by atoms with E-state index in [0.29, 0.717) is 41.8 Å². The van der Waals surface area contributed by atoms with Crippen LogP contribution in [-0.2, 0) is 6.61 Å². The number of piperazine rings is 1. The first-order chi connectivity index (χ1) is 17.9. The monoisotopic (exact) mass is 541 g/mol. The van der Waals surface area contributed by atoms with Crippen LogP contribution < -0.4 is 4.74 Å². The highest BCUT2D eigenvalue weighted by Crippen LogP contribution is 2.26. The van der Waals surface area contributed by atoms with Gasteiger partial charge in [-0.25, -0.2) is 4.39 Å². The van der Waals surface area contributed by atoms with E-state index < -0.39 is 5.82 Å². The van der Waals surface area contributed by atoms with Gasteiger partial charge in [0.05, 0.1) is 10.0 Å². The smallest absolute Gasteiger partial charge is 0.254 e. The van der Waals surface area contributed by atoms with Crippen molar-refractivity contribution in [2.24, 2.45) is 0 Å². The maximum Gasteiger partial charge on any atom is 0.254 e. The van der Waals surface area contributed by atoms with Crippen molar-refractivity contribution in [1.29, 1.82) is 0 Å². The molecule has 2 saturated heterocycles. The van der Waals surface area contributed by atoms with E-state index in [0.717, 1.165) is 18.7 Å². The molecule has 3 aromatic carbocycles. The molecule has 2 amide bonds. The minimum atomic E-state index is -0.595. The molecule has 9 heteroatoms. The molecule has 0 radical (unpaired) electrons. The lowest BCUT2D eigenvalue weighted by Gasteiger charge is -2.48. The second-order valence-electron chi connectivity index (χ2n) is 9.24. The van der Waals surface area contributed by atoms with Gasteiger partial charge in [-0.3, -0.25) is 14.5 Å². The van der Waals surface area contributed by atoms with Crippen LogP contribution in [0.3, 0.4) is 0 Å². The third-order valence-corrected chi connectivity index (χ3v) is 7.58. The largest absolute Gasteiger partial charge is 0.486 e. The molecule has 0 spiro atoms. The number of likely N-dealkylation sites (tertiary alicyclic amines) is 1. The van der Waals surface area contributed by atoms with Gasteiger partial charge in [-0.05, 0) is 48.0 Å². The molecule has 0 atom stereocenters. The maximum absolute atomic E-state index is 14.7. The topological polar surface area (TPSA) is 53.1 Å². The minimum absolute atomic E-state index is 0.0529. The summed E-state index contributed by atoms with van der Waals surface area (Å²) in [6.45, 7) is 4.15. The van der Waals surface area contributed by atoms with E-state index in [1.165, 1.54) is 12.1 Å². The first-order valence-electron chi connectivity index (χ1n) is 12.1. The van der Waals surface area contributed by atoms with Gasteiger partial charge in [0.15, 0.2) is 11.6 Å². The van der Waals surface area contributed by atoms with E-state index >= 15 is 0 Å². The average Bonchev–Trinajstić information content (AvgIpc) is 2.89. The van der Waals surface area contributed by atoms with E-state index in [1.807, 2.05) is 35.2 Å². The first kappa shape index (κ1) is 25.5. The third kappa shape index (κ3) is 5.74. The summed E-state index contributed by atoms with van der Waals surface area (Å²) in [6.07, 6.45) is 0. The molecule has 0 unspecified atom stereocenters. The van der Waals surface area contributed by atoms with Crippen LogP contribution in [0.15, 0.2) is 66.7 Å². The van der Waals surface area contributed by atoms with E-state index in [4.69, 9.17) is 27.9 Å². The summed E-state index contributed by atoms with van der Waals surface area (Å²) in [7, 11) is 0. The summed E-state index contributed by atoms with van der Waals surface area (Å²) in [5.41, 5.74) is 1.75. The predicted molar refractivity (Wildman–Crippen MR) is 141 cm³/mol. The van der Waals surface area contributed by atoms with Gasteiger partial charge in [0, 0.05) is 56.4 Å². The maximum atomic E-state index is 14.7. The fourth-order valence-electron chi connectivity index (χ4n) is 4.63. The van der Waals surface area contributed by atoms with Gasteiger partial charge in [0.1, 0.15) is 6.61 Å². The van der Waals surface area contributed by atoms with Crippen molar-refractivity contribution in [3.05, 3.63) is 99.3 Å². The second kappa shape index (κ2) is 11.1. The predicted octanol–water partition coefficient (Wildman–Crippen LogP) is 4.99. The molecule has 6 nitrogen and oxygen atoms in total. The van der Waals surface area contributed by atoms with E-state index in [9.17, 15) is 14.0 Å². The first-order valence-corrected chi connectivity index (χ1v) is 12.9. The Hall–Kier alpha value is -3.13. The highest BCUT2D eigenvalue weighted by molar-refractivity contribution is 6.42. The van der Waals surface area contributed by atoms with Crippen molar-refractivity contribution < 1.29 is 18.7 Å². The molecule has 2 heterocycles. The molecule has 2 aliphatic heterocycles. The van der Waals surface area contributed by atoms with Crippen molar-refractivity contribution in [2.75, 3.05) is 39.3 Å². The van der Waals surface area contributed by atoms with E-state index in [-0.39, 0.29) is 35.8 Å². The molecular weight excluding hydrogens is 516 g/mol. The number of carbonyl (C=O) groups excluding carboxylic acids is 2. The number of carbonyl (C=O) groups is 2. The van der Waals surface area contributed by atoms with E-state index in [1.54, 1.807) is 29.2 Å². The molecule has 0 bridgehead atoms. The van der Waals surface area contributed by atoms with Crippen molar-refractivity contribution in [3.63, 3.8) is 0 Å². The van der Waals surface area contributed by atoms with Crippen molar-refractivity contribution >= 4 is 35.0 Å².